The van der Waals surface area contributed by atoms with Crippen LogP contribution in [0, 0.1) is 12.3 Å². The second kappa shape index (κ2) is 7.15. The van der Waals surface area contributed by atoms with Gasteiger partial charge in [0.05, 0.1) is 5.69 Å². The molecule has 1 aromatic carbocycles. The Balaban J connectivity index is 1.92. The normalized spacial score (nSPS) is 9.95. The van der Waals surface area contributed by atoms with Gasteiger partial charge in [-0.2, -0.15) is 5.10 Å². The van der Waals surface area contributed by atoms with E-state index in [4.69, 9.17) is 6.42 Å². The molecule has 20 heavy (non-hydrogen) atoms. The quantitative estimate of drug-likeness (QED) is 0.623. The van der Waals surface area contributed by atoms with Crippen molar-refractivity contribution >= 4 is 11.6 Å². The molecule has 4 heteroatoms. The van der Waals surface area contributed by atoms with Crippen molar-refractivity contribution in [2.45, 2.75) is 25.7 Å². The molecule has 0 aliphatic heterocycles. The van der Waals surface area contributed by atoms with Gasteiger partial charge < -0.3 is 5.32 Å². The van der Waals surface area contributed by atoms with E-state index in [0.717, 1.165) is 36.2 Å². The van der Waals surface area contributed by atoms with Gasteiger partial charge in [0.25, 0.3) is 0 Å². The standard InChI is InChI=1S/C16H17N3O/c1-2-3-4-5-9-16(20)18-14-8-6-7-13(12-14)15-10-11-17-19-15/h1,6-8,10-12H,3-5,9H2,(H,17,19)(H,18,20). The van der Waals surface area contributed by atoms with Crippen LogP contribution in [0.2, 0.25) is 0 Å². The maximum absolute atomic E-state index is 11.8. The molecule has 0 saturated heterocycles. The molecule has 1 heterocycles. The predicted molar refractivity (Wildman–Crippen MR) is 80.0 cm³/mol. The monoisotopic (exact) mass is 267 g/mol. The molecule has 1 aromatic heterocycles. The molecule has 0 unspecified atom stereocenters. The number of carbonyl (C=O) groups is 1. The number of carbonyl (C=O) groups excluding carboxylic acids is 1. The molecule has 2 N–H and O–H groups in total. The van der Waals surface area contributed by atoms with Gasteiger partial charge in [-0.15, -0.1) is 12.3 Å². The van der Waals surface area contributed by atoms with E-state index in [-0.39, 0.29) is 5.91 Å². The second-order valence-corrected chi connectivity index (χ2v) is 4.51. The minimum absolute atomic E-state index is 0.0174. The molecule has 0 bridgehead atoms. The number of hydrogen-bond donors (Lipinski definition) is 2. The summed E-state index contributed by atoms with van der Waals surface area (Å²) < 4.78 is 0. The summed E-state index contributed by atoms with van der Waals surface area (Å²) in [6.45, 7) is 0. The van der Waals surface area contributed by atoms with E-state index in [2.05, 4.69) is 21.4 Å². The maximum atomic E-state index is 11.8. The molecule has 0 aliphatic rings. The second-order valence-electron chi connectivity index (χ2n) is 4.51. The molecule has 102 valence electrons. The van der Waals surface area contributed by atoms with Crippen LogP contribution in [0.15, 0.2) is 36.5 Å². The summed E-state index contributed by atoms with van der Waals surface area (Å²) in [5.41, 5.74) is 2.71. The average Bonchev–Trinajstić information content (AvgIpc) is 2.98. The highest BCUT2D eigenvalue weighted by molar-refractivity contribution is 5.91. The van der Waals surface area contributed by atoms with E-state index in [1.165, 1.54) is 0 Å². The van der Waals surface area contributed by atoms with Gasteiger partial charge in [-0.3, -0.25) is 9.89 Å². The molecule has 0 saturated carbocycles. The van der Waals surface area contributed by atoms with Crippen LogP contribution >= 0.6 is 0 Å². The number of aromatic amines is 1. The molecule has 2 aromatic rings. The summed E-state index contributed by atoms with van der Waals surface area (Å²) >= 11 is 0. The molecule has 0 aliphatic carbocycles. The number of anilines is 1. The van der Waals surface area contributed by atoms with E-state index in [1.807, 2.05) is 30.3 Å². The van der Waals surface area contributed by atoms with Crippen molar-refractivity contribution in [2.75, 3.05) is 5.32 Å². The highest BCUT2D eigenvalue weighted by atomic mass is 16.1. The van der Waals surface area contributed by atoms with Crippen LogP contribution in [0.3, 0.4) is 0 Å². The van der Waals surface area contributed by atoms with E-state index < -0.39 is 0 Å². The van der Waals surface area contributed by atoms with E-state index >= 15 is 0 Å². The number of terminal acetylenes is 1. The van der Waals surface area contributed by atoms with Gasteiger partial charge >= 0.3 is 0 Å². The highest BCUT2D eigenvalue weighted by Crippen LogP contribution is 2.20. The number of aromatic nitrogens is 2. The van der Waals surface area contributed by atoms with Crippen molar-refractivity contribution < 1.29 is 4.79 Å². The summed E-state index contributed by atoms with van der Waals surface area (Å²) in [5.74, 6) is 2.59. The first-order chi connectivity index (χ1) is 9.79. The molecule has 4 nitrogen and oxygen atoms in total. The van der Waals surface area contributed by atoms with Crippen LogP contribution in [-0.4, -0.2) is 16.1 Å². The van der Waals surface area contributed by atoms with Gasteiger partial charge in [0, 0.05) is 30.3 Å². The van der Waals surface area contributed by atoms with Crippen LogP contribution in [0.1, 0.15) is 25.7 Å². The Bertz CT molecular complexity index is 596. The fourth-order valence-electron chi connectivity index (χ4n) is 1.92. The summed E-state index contributed by atoms with van der Waals surface area (Å²) in [5, 5.41) is 9.72. The predicted octanol–water partition coefficient (Wildman–Crippen LogP) is 3.21. The molecule has 0 atom stereocenters. The number of H-pyrrole nitrogens is 1. The van der Waals surface area contributed by atoms with E-state index in [9.17, 15) is 4.79 Å². The van der Waals surface area contributed by atoms with Crippen molar-refractivity contribution in [2.24, 2.45) is 0 Å². The SMILES string of the molecule is C#CCCCCC(=O)Nc1cccc(-c2ccn[nH]2)c1. The Labute approximate surface area is 118 Å². The zero-order valence-corrected chi connectivity index (χ0v) is 11.2. The smallest absolute Gasteiger partial charge is 0.224 e. The summed E-state index contributed by atoms with van der Waals surface area (Å²) in [6.07, 6.45) is 9.80. The Morgan fingerprint density at radius 2 is 2.25 bits per heavy atom. The van der Waals surface area contributed by atoms with Crippen LogP contribution < -0.4 is 5.32 Å². The van der Waals surface area contributed by atoms with Gasteiger partial charge in [0.15, 0.2) is 0 Å². The van der Waals surface area contributed by atoms with Crippen molar-refractivity contribution in [3.05, 3.63) is 36.5 Å². The van der Waals surface area contributed by atoms with Gasteiger partial charge in [-0.1, -0.05) is 12.1 Å². The zero-order valence-electron chi connectivity index (χ0n) is 11.2. The minimum Gasteiger partial charge on any atom is -0.326 e. The topological polar surface area (TPSA) is 57.8 Å². The lowest BCUT2D eigenvalue weighted by atomic mass is 10.1. The molecular weight excluding hydrogens is 250 g/mol. The first-order valence-electron chi connectivity index (χ1n) is 6.63. The minimum atomic E-state index is 0.0174. The van der Waals surface area contributed by atoms with E-state index in [0.29, 0.717) is 6.42 Å². The lowest BCUT2D eigenvalue weighted by Crippen LogP contribution is -2.10. The zero-order chi connectivity index (χ0) is 14.2. The lowest BCUT2D eigenvalue weighted by Gasteiger charge is -2.06. The Hall–Kier alpha value is -2.54. The Morgan fingerprint density at radius 3 is 3.00 bits per heavy atom. The van der Waals surface area contributed by atoms with Crippen molar-refractivity contribution in [1.82, 2.24) is 10.2 Å². The molecular formula is C16H17N3O. The van der Waals surface area contributed by atoms with Crippen molar-refractivity contribution in [3.63, 3.8) is 0 Å². The average molecular weight is 267 g/mol. The number of nitrogens with zero attached hydrogens (tertiary/aromatic N) is 1. The number of benzene rings is 1. The third kappa shape index (κ3) is 3.99. The summed E-state index contributed by atoms with van der Waals surface area (Å²) in [7, 11) is 0. The molecule has 0 fully saturated rings. The highest BCUT2D eigenvalue weighted by Gasteiger charge is 2.04. The van der Waals surface area contributed by atoms with Gasteiger partial charge in [0.2, 0.25) is 5.91 Å². The third-order valence-electron chi connectivity index (χ3n) is 2.93. The first kappa shape index (κ1) is 13.9. The van der Waals surface area contributed by atoms with Crippen LogP contribution in [0.25, 0.3) is 11.3 Å². The maximum Gasteiger partial charge on any atom is 0.224 e. The lowest BCUT2D eigenvalue weighted by molar-refractivity contribution is -0.116. The fraction of sp³-hybridized carbons (Fsp3) is 0.250. The Kier molecular flexibility index (Phi) is 4.96. The van der Waals surface area contributed by atoms with Crippen LogP contribution in [-0.2, 0) is 4.79 Å². The summed E-state index contributed by atoms with van der Waals surface area (Å²) in [6, 6.07) is 9.56. The fourth-order valence-corrected chi connectivity index (χ4v) is 1.92. The van der Waals surface area contributed by atoms with E-state index in [1.54, 1.807) is 6.20 Å². The molecule has 0 spiro atoms. The number of hydrogen-bond acceptors (Lipinski definition) is 2. The van der Waals surface area contributed by atoms with Crippen molar-refractivity contribution in [3.8, 4) is 23.6 Å². The number of rotatable bonds is 6. The van der Waals surface area contributed by atoms with Crippen LogP contribution in [0.5, 0.6) is 0 Å². The van der Waals surface area contributed by atoms with Gasteiger partial charge in [-0.25, -0.2) is 0 Å². The largest absolute Gasteiger partial charge is 0.326 e. The molecule has 1 amide bonds. The van der Waals surface area contributed by atoms with Crippen LogP contribution in [0.4, 0.5) is 5.69 Å². The van der Waals surface area contributed by atoms with Gasteiger partial charge in [-0.05, 0) is 31.0 Å². The molecule has 2 rings (SSSR count). The van der Waals surface area contributed by atoms with Crippen molar-refractivity contribution in [1.29, 1.82) is 0 Å². The third-order valence-corrected chi connectivity index (χ3v) is 2.93. The van der Waals surface area contributed by atoms with Gasteiger partial charge in [0.1, 0.15) is 0 Å². The number of amides is 1. The molecule has 0 radical (unpaired) electrons. The number of nitrogens with one attached hydrogen (secondary N) is 2. The first-order valence-corrected chi connectivity index (χ1v) is 6.63. The number of unbranched alkanes of at least 4 members (excludes halogenated alkanes) is 2. The summed E-state index contributed by atoms with van der Waals surface area (Å²) in [4.78, 5) is 11.8. The Morgan fingerprint density at radius 1 is 1.35 bits per heavy atom.